The minimum Gasteiger partial charge on any atom is -0.348 e. The molecule has 2 amide bonds. The van der Waals surface area contributed by atoms with Gasteiger partial charge in [0, 0.05) is 19.6 Å². The lowest BCUT2D eigenvalue weighted by molar-refractivity contribution is -0.139. The Hall–Kier alpha value is -2.71. The second kappa shape index (κ2) is 10.9. The van der Waals surface area contributed by atoms with Crippen LogP contribution in [-0.4, -0.2) is 44.2 Å². The summed E-state index contributed by atoms with van der Waals surface area (Å²) >= 11 is 0. The Morgan fingerprint density at radius 2 is 1.53 bits per heavy atom. The molecule has 162 valence electrons. The number of carbonyl (C=O) groups excluding carboxylic acids is 2. The molecule has 2 aromatic carbocycles. The molecule has 1 atom stereocenters. The molecular formula is C22H29N3O4S. The number of carbonyl (C=O) groups is 2. The maximum atomic E-state index is 12.5. The first kappa shape index (κ1) is 23.6. The van der Waals surface area contributed by atoms with Gasteiger partial charge in [-0.1, -0.05) is 56.3 Å². The number of nitrogens with zero attached hydrogens (tertiary/aromatic N) is 1. The van der Waals surface area contributed by atoms with Gasteiger partial charge in [0.05, 0.1) is 10.9 Å². The molecule has 0 saturated heterocycles. The molecule has 7 nitrogen and oxygen atoms in total. The summed E-state index contributed by atoms with van der Waals surface area (Å²) in [5.74, 6) is -1.38. The van der Waals surface area contributed by atoms with Gasteiger partial charge in [-0.25, -0.2) is 8.42 Å². The fourth-order valence-corrected chi connectivity index (χ4v) is 4.49. The van der Waals surface area contributed by atoms with E-state index in [2.05, 4.69) is 10.6 Å². The molecule has 0 aromatic heterocycles. The van der Waals surface area contributed by atoms with Gasteiger partial charge in [0.2, 0.25) is 10.0 Å². The normalized spacial score (nSPS) is 12.4. The predicted molar refractivity (Wildman–Crippen MR) is 116 cm³/mol. The topological polar surface area (TPSA) is 95.6 Å². The van der Waals surface area contributed by atoms with Crippen molar-refractivity contribution in [2.24, 2.45) is 0 Å². The molecule has 0 heterocycles. The summed E-state index contributed by atoms with van der Waals surface area (Å²) in [7, 11) is -3.49. The first-order valence-electron chi connectivity index (χ1n) is 10.0. The van der Waals surface area contributed by atoms with E-state index >= 15 is 0 Å². The third-order valence-electron chi connectivity index (χ3n) is 4.82. The third-order valence-corrected chi connectivity index (χ3v) is 6.88. The van der Waals surface area contributed by atoms with Crippen LogP contribution in [0.4, 0.5) is 0 Å². The molecule has 2 aromatic rings. The van der Waals surface area contributed by atoms with Crippen molar-refractivity contribution in [1.29, 1.82) is 0 Å². The van der Waals surface area contributed by atoms with E-state index < -0.39 is 21.8 Å². The number of rotatable bonds is 9. The van der Waals surface area contributed by atoms with Crippen LogP contribution < -0.4 is 10.6 Å². The van der Waals surface area contributed by atoms with Crippen LogP contribution in [0, 0.1) is 0 Å². The van der Waals surface area contributed by atoms with Crippen LogP contribution in [-0.2, 0) is 26.0 Å². The van der Waals surface area contributed by atoms with Gasteiger partial charge < -0.3 is 10.6 Å². The summed E-state index contributed by atoms with van der Waals surface area (Å²) in [6, 6.07) is 15.7. The first-order valence-corrected chi connectivity index (χ1v) is 11.5. The van der Waals surface area contributed by atoms with E-state index in [0.717, 1.165) is 11.1 Å². The molecule has 0 radical (unpaired) electrons. The molecule has 0 aliphatic rings. The van der Waals surface area contributed by atoms with Crippen molar-refractivity contribution in [3.8, 4) is 0 Å². The van der Waals surface area contributed by atoms with E-state index in [1.807, 2.05) is 37.3 Å². The lowest BCUT2D eigenvalue weighted by Crippen LogP contribution is -2.41. The number of benzene rings is 2. The Morgan fingerprint density at radius 3 is 2.10 bits per heavy atom. The number of nitrogens with one attached hydrogen (secondary N) is 2. The summed E-state index contributed by atoms with van der Waals surface area (Å²) < 4.78 is 26.4. The Bertz CT molecular complexity index is 940. The summed E-state index contributed by atoms with van der Waals surface area (Å²) in [5, 5.41) is 5.26. The summed E-state index contributed by atoms with van der Waals surface area (Å²) in [4.78, 5) is 24.3. The fraction of sp³-hybridized carbons (Fsp3) is 0.364. The van der Waals surface area contributed by atoms with Crippen molar-refractivity contribution >= 4 is 21.8 Å². The number of hydrogen-bond donors (Lipinski definition) is 2. The quantitative estimate of drug-likeness (QED) is 0.596. The van der Waals surface area contributed by atoms with Gasteiger partial charge in [-0.2, -0.15) is 4.31 Å². The average Bonchev–Trinajstić information content (AvgIpc) is 2.75. The standard InChI is InChI=1S/C22H29N3O4S/c1-4-25(5-2)30(28,29)20-13-11-18(12-14-20)15-16-23-21(26)22(27)24-17(3)19-9-7-6-8-10-19/h6-14,17H,4-5,15-16H2,1-3H3,(H,23,26)(H,24,27)/t17-/m0/s1. The van der Waals surface area contributed by atoms with Crippen LogP contribution >= 0.6 is 0 Å². The molecule has 0 aliphatic carbocycles. The highest BCUT2D eigenvalue weighted by Crippen LogP contribution is 2.16. The Labute approximate surface area is 178 Å². The molecule has 8 heteroatoms. The average molecular weight is 432 g/mol. The predicted octanol–water partition coefficient (Wildman–Crippen LogP) is 2.25. The van der Waals surface area contributed by atoms with E-state index in [1.54, 1.807) is 38.1 Å². The van der Waals surface area contributed by atoms with Gasteiger partial charge >= 0.3 is 11.8 Å². The minimum absolute atomic E-state index is 0.244. The summed E-state index contributed by atoms with van der Waals surface area (Å²) in [5.41, 5.74) is 1.78. The Balaban J connectivity index is 1.84. The lowest BCUT2D eigenvalue weighted by atomic mass is 10.1. The van der Waals surface area contributed by atoms with E-state index in [4.69, 9.17) is 0 Å². The van der Waals surface area contributed by atoms with Crippen LogP contribution in [0.15, 0.2) is 59.5 Å². The van der Waals surface area contributed by atoms with Crippen LogP contribution in [0.25, 0.3) is 0 Å². The van der Waals surface area contributed by atoms with Gasteiger partial charge in [0.1, 0.15) is 0 Å². The summed E-state index contributed by atoms with van der Waals surface area (Å²) in [6.45, 7) is 6.52. The zero-order valence-corrected chi connectivity index (χ0v) is 18.4. The molecule has 2 N–H and O–H groups in total. The van der Waals surface area contributed by atoms with Crippen molar-refractivity contribution in [3.63, 3.8) is 0 Å². The molecule has 0 aliphatic heterocycles. The van der Waals surface area contributed by atoms with Gasteiger partial charge in [-0.15, -0.1) is 0 Å². The van der Waals surface area contributed by atoms with Crippen molar-refractivity contribution in [3.05, 3.63) is 65.7 Å². The highest BCUT2D eigenvalue weighted by atomic mass is 32.2. The molecule has 30 heavy (non-hydrogen) atoms. The molecular weight excluding hydrogens is 402 g/mol. The van der Waals surface area contributed by atoms with E-state index in [0.29, 0.717) is 19.5 Å². The highest BCUT2D eigenvalue weighted by molar-refractivity contribution is 7.89. The number of amides is 2. The molecule has 0 bridgehead atoms. The second-order valence-electron chi connectivity index (χ2n) is 6.85. The zero-order valence-electron chi connectivity index (χ0n) is 17.6. The maximum Gasteiger partial charge on any atom is 0.309 e. The Morgan fingerprint density at radius 1 is 0.933 bits per heavy atom. The van der Waals surface area contributed by atoms with Crippen molar-refractivity contribution < 1.29 is 18.0 Å². The molecule has 2 rings (SSSR count). The van der Waals surface area contributed by atoms with Gasteiger partial charge in [0.15, 0.2) is 0 Å². The molecule has 0 fully saturated rings. The van der Waals surface area contributed by atoms with Crippen LogP contribution in [0.1, 0.15) is 37.9 Å². The monoisotopic (exact) mass is 431 g/mol. The van der Waals surface area contributed by atoms with Crippen molar-refractivity contribution in [2.75, 3.05) is 19.6 Å². The summed E-state index contributed by atoms with van der Waals surface area (Å²) in [6.07, 6.45) is 0.485. The Kier molecular flexibility index (Phi) is 8.56. The smallest absolute Gasteiger partial charge is 0.309 e. The number of hydrogen-bond acceptors (Lipinski definition) is 4. The van der Waals surface area contributed by atoms with Gasteiger partial charge in [-0.3, -0.25) is 9.59 Å². The van der Waals surface area contributed by atoms with Crippen LogP contribution in [0.3, 0.4) is 0 Å². The van der Waals surface area contributed by atoms with Crippen molar-refractivity contribution in [2.45, 2.75) is 38.1 Å². The number of sulfonamides is 1. The minimum atomic E-state index is -3.49. The maximum absolute atomic E-state index is 12.5. The third kappa shape index (κ3) is 6.14. The highest BCUT2D eigenvalue weighted by Gasteiger charge is 2.21. The van der Waals surface area contributed by atoms with E-state index in [9.17, 15) is 18.0 Å². The SMILES string of the molecule is CCN(CC)S(=O)(=O)c1ccc(CCNC(=O)C(=O)N[C@@H](C)c2ccccc2)cc1. The molecule has 0 spiro atoms. The largest absolute Gasteiger partial charge is 0.348 e. The fourth-order valence-electron chi connectivity index (χ4n) is 3.03. The van der Waals surface area contributed by atoms with E-state index in [-0.39, 0.29) is 17.5 Å². The van der Waals surface area contributed by atoms with Gasteiger partial charge in [0.25, 0.3) is 0 Å². The van der Waals surface area contributed by atoms with Crippen LogP contribution in [0.2, 0.25) is 0 Å². The van der Waals surface area contributed by atoms with Crippen LogP contribution in [0.5, 0.6) is 0 Å². The lowest BCUT2D eigenvalue weighted by Gasteiger charge is -2.18. The molecule has 0 unspecified atom stereocenters. The van der Waals surface area contributed by atoms with E-state index in [1.165, 1.54) is 4.31 Å². The van der Waals surface area contributed by atoms with Gasteiger partial charge in [-0.05, 0) is 36.6 Å². The first-order chi connectivity index (χ1) is 14.3. The second-order valence-corrected chi connectivity index (χ2v) is 8.78. The van der Waals surface area contributed by atoms with Crippen molar-refractivity contribution in [1.82, 2.24) is 14.9 Å². The zero-order chi connectivity index (χ0) is 22.1. The molecule has 0 saturated carbocycles.